The Kier molecular flexibility index (Phi) is 2.88. The second kappa shape index (κ2) is 4.02. The minimum Gasteiger partial charge on any atom is -0.486 e. The van der Waals surface area contributed by atoms with E-state index in [1.165, 1.54) is 16.2 Å². The van der Waals surface area contributed by atoms with Gasteiger partial charge >= 0.3 is 6.09 Å². The monoisotopic (exact) mass is 291 g/mol. The third-order valence-electron chi connectivity index (χ3n) is 2.18. The van der Waals surface area contributed by atoms with Crippen LogP contribution >= 0.6 is 27.3 Å². The highest BCUT2D eigenvalue weighted by Crippen LogP contribution is 2.38. The highest BCUT2D eigenvalue weighted by molar-refractivity contribution is 9.10. The van der Waals surface area contributed by atoms with Gasteiger partial charge in [-0.2, -0.15) is 0 Å². The fourth-order valence-electron chi connectivity index (χ4n) is 1.53. The predicted octanol–water partition coefficient (Wildman–Crippen LogP) is 2.77. The van der Waals surface area contributed by atoms with Gasteiger partial charge < -0.3 is 9.84 Å². The smallest absolute Gasteiger partial charge is 0.407 e. The number of ether oxygens (including phenoxy) is 1. The molecule has 0 saturated heterocycles. The number of thiophene rings is 1. The lowest BCUT2D eigenvalue weighted by Crippen LogP contribution is -2.34. The van der Waals surface area contributed by atoms with Gasteiger partial charge in [-0.25, -0.2) is 4.79 Å². The van der Waals surface area contributed by atoms with Crippen molar-refractivity contribution in [2.24, 2.45) is 0 Å². The summed E-state index contributed by atoms with van der Waals surface area (Å²) in [6, 6.07) is 0. The van der Waals surface area contributed by atoms with Gasteiger partial charge in [0.25, 0.3) is 0 Å². The van der Waals surface area contributed by atoms with Crippen molar-refractivity contribution in [3.8, 4) is 5.75 Å². The maximum absolute atomic E-state index is 10.9. The fourth-order valence-corrected chi connectivity index (χ4v) is 3.12. The first-order valence-corrected chi connectivity index (χ1v) is 6.15. The maximum atomic E-state index is 10.9. The molecule has 0 spiro atoms. The van der Waals surface area contributed by atoms with E-state index in [2.05, 4.69) is 15.9 Å². The van der Waals surface area contributed by atoms with E-state index < -0.39 is 6.09 Å². The van der Waals surface area contributed by atoms with Crippen molar-refractivity contribution in [1.29, 1.82) is 0 Å². The lowest BCUT2D eigenvalue weighted by Gasteiger charge is -2.18. The molecule has 15 heavy (non-hydrogen) atoms. The maximum Gasteiger partial charge on any atom is 0.407 e. The molecule has 1 N–H and O–H groups in total. The number of amides is 1. The Hall–Kier alpha value is -0.750. The van der Waals surface area contributed by atoms with Crippen LogP contribution in [0.5, 0.6) is 5.75 Å². The zero-order valence-electron chi connectivity index (χ0n) is 8.07. The number of carboxylic acid groups (broad SMARTS) is 1. The van der Waals surface area contributed by atoms with Gasteiger partial charge in [0, 0.05) is 5.38 Å². The summed E-state index contributed by atoms with van der Waals surface area (Å²) in [6.07, 6.45) is -1.02. The van der Waals surface area contributed by atoms with E-state index in [9.17, 15) is 4.79 Å². The molecule has 1 atom stereocenters. The van der Waals surface area contributed by atoms with Crippen molar-refractivity contribution >= 4 is 33.4 Å². The van der Waals surface area contributed by atoms with Crippen molar-refractivity contribution in [1.82, 2.24) is 4.90 Å². The van der Waals surface area contributed by atoms with Crippen LogP contribution in [0.4, 0.5) is 4.79 Å². The van der Waals surface area contributed by atoms with E-state index in [1.807, 2.05) is 12.3 Å². The quantitative estimate of drug-likeness (QED) is 0.800. The van der Waals surface area contributed by atoms with Crippen LogP contribution in [0.3, 0.4) is 0 Å². The summed E-state index contributed by atoms with van der Waals surface area (Å²) in [7, 11) is 0. The SMILES string of the molecule is C[C@H]1CN(C(=O)O)Cc2scc(Br)c2O1. The van der Waals surface area contributed by atoms with Gasteiger partial charge in [-0.3, -0.25) is 4.90 Å². The fraction of sp³-hybridized carbons (Fsp3) is 0.444. The van der Waals surface area contributed by atoms with Gasteiger partial charge in [0.05, 0.1) is 22.4 Å². The molecule has 0 saturated carbocycles. The summed E-state index contributed by atoms with van der Waals surface area (Å²) in [5, 5.41) is 10.9. The topological polar surface area (TPSA) is 49.8 Å². The Morgan fingerprint density at radius 1 is 1.80 bits per heavy atom. The number of nitrogens with zero attached hydrogens (tertiary/aromatic N) is 1. The number of rotatable bonds is 0. The lowest BCUT2D eigenvalue weighted by molar-refractivity contribution is 0.121. The Morgan fingerprint density at radius 3 is 3.20 bits per heavy atom. The number of hydrogen-bond donors (Lipinski definition) is 1. The molecule has 0 fully saturated rings. The van der Waals surface area contributed by atoms with Gasteiger partial charge in [0.2, 0.25) is 0 Å². The first-order chi connectivity index (χ1) is 7.08. The van der Waals surface area contributed by atoms with Crippen molar-refractivity contribution in [2.45, 2.75) is 19.6 Å². The molecular formula is C9H10BrNO3S. The molecule has 4 nitrogen and oxygen atoms in total. The van der Waals surface area contributed by atoms with Crippen molar-refractivity contribution in [2.75, 3.05) is 6.54 Å². The van der Waals surface area contributed by atoms with Gasteiger partial charge in [-0.15, -0.1) is 11.3 Å². The third kappa shape index (κ3) is 2.10. The molecular weight excluding hydrogens is 282 g/mol. The molecule has 1 aliphatic heterocycles. The summed E-state index contributed by atoms with van der Waals surface area (Å²) in [5.74, 6) is 0.788. The lowest BCUT2D eigenvalue weighted by atomic mass is 10.4. The molecule has 0 aromatic carbocycles. The molecule has 1 aromatic rings. The number of hydrogen-bond acceptors (Lipinski definition) is 3. The van der Waals surface area contributed by atoms with Crippen molar-refractivity contribution in [3.63, 3.8) is 0 Å². The van der Waals surface area contributed by atoms with E-state index in [1.54, 1.807) is 0 Å². The van der Waals surface area contributed by atoms with Crippen LogP contribution in [-0.4, -0.2) is 28.7 Å². The number of carbonyl (C=O) groups is 1. The van der Waals surface area contributed by atoms with Crippen LogP contribution in [0.15, 0.2) is 9.85 Å². The average molecular weight is 292 g/mol. The number of halogens is 1. The molecule has 0 unspecified atom stereocenters. The molecule has 1 aromatic heterocycles. The summed E-state index contributed by atoms with van der Waals surface area (Å²) in [5.41, 5.74) is 0. The minimum absolute atomic E-state index is 0.117. The first kappa shape index (κ1) is 10.8. The second-order valence-corrected chi connectivity index (χ2v) is 5.25. The van der Waals surface area contributed by atoms with Crippen LogP contribution in [-0.2, 0) is 6.54 Å². The average Bonchev–Trinajstić information content (AvgIpc) is 2.42. The molecule has 1 aliphatic rings. The van der Waals surface area contributed by atoms with E-state index in [-0.39, 0.29) is 6.10 Å². The van der Waals surface area contributed by atoms with Gasteiger partial charge in [-0.05, 0) is 22.9 Å². The molecule has 2 heterocycles. The van der Waals surface area contributed by atoms with Crippen LogP contribution in [0.2, 0.25) is 0 Å². The van der Waals surface area contributed by atoms with Gasteiger partial charge in [0.15, 0.2) is 0 Å². The van der Waals surface area contributed by atoms with Crippen molar-refractivity contribution < 1.29 is 14.6 Å². The van der Waals surface area contributed by atoms with E-state index in [4.69, 9.17) is 9.84 Å². The third-order valence-corrected chi connectivity index (χ3v) is 4.02. The van der Waals surface area contributed by atoms with Crippen LogP contribution < -0.4 is 4.74 Å². The second-order valence-electron chi connectivity index (χ2n) is 3.43. The molecule has 0 radical (unpaired) electrons. The minimum atomic E-state index is -0.900. The molecule has 82 valence electrons. The van der Waals surface area contributed by atoms with Crippen LogP contribution in [0.25, 0.3) is 0 Å². The standard InChI is InChI=1S/C9H10BrNO3S/c1-5-2-11(9(12)13)3-7-8(14-5)6(10)4-15-7/h4-5H,2-3H2,1H3,(H,12,13)/t5-/m0/s1. The summed E-state index contributed by atoms with van der Waals surface area (Å²) in [4.78, 5) is 13.3. The highest BCUT2D eigenvalue weighted by Gasteiger charge is 2.25. The first-order valence-electron chi connectivity index (χ1n) is 4.48. The molecule has 0 bridgehead atoms. The van der Waals surface area contributed by atoms with Crippen LogP contribution in [0, 0.1) is 0 Å². The summed E-state index contributed by atoms with van der Waals surface area (Å²) in [6.45, 7) is 2.68. The van der Waals surface area contributed by atoms with E-state index in [0.717, 1.165) is 15.1 Å². The zero-order valence-corrected chi connectivity index (χ0v) is 10.5. The Bertz CT molecular complexity index is 393. The zero-order chi connectivity index (χ0) is 11.0. The normalized spacial score (nSPS) is 20.4. The summed E-state index contributed by atoms with van der Waals surface area (Å²) < 4.78 is 6.57. The van der Waals surface area contributed by atoms with Gasteiger partial charge in [0.1, 0.15) is 11.9 Å². The van der Waals surface area contributed by atoms with Gasteiger partial charge in [-0.1, -0.05) is 0 Å². The Morgan fingerprint density at radius 2 is 2.53 bits per heavy atom. The summed E-state index contributed by atoms with van der Waals surface area (Å²) >= 11 is 4.90. The molecule has 0 aliphatic carbocycles. The predicted molar refractivity (Wildman–Crippen MR) is 60.5 cm³/mol. The van der Waals surface area contributed by atoms with Crippen molar-refractivity contribution in [3.05, 3.63) is 14.7 Å². The van der Waals surface area contributed by atoms with E-state index >= 15 is 0 Å². The molecule has 1 amide bonds. The Labute approximate surface area is 99.6 Å². The molecule has 2 rings (SSSR count). The highest BCUT2D eigenvalue weighted by atomic mass is 79.9. The number of fused-ring (bicyclic) bond motifs is 1. The molecule has 6 heteroatoms. The largest absolute Gasteiger partial charge is 0.486 e. The van der Waals surface area contributed by atoms with Crippen LogP contribution in [0.1, 0.15) is 11.8 Å². The van der Waals surface area contributed by atoms with E-state index in [0.29, 0.717) is 13.1 Å². The Balaban J connectivity index is 2.32.